The first-order valence-electron chi connectivity index (χ1n) is 12.3. The predicted octanol–water partition coefficient (Wildman–Crippen LogP) is 5.21. The number of halogens is 1. The van der Waals surface area contributed by atoms with Crippen LogP contribution in [0.1, 0.15) is 130 Å². The average molecular weight is 469 g/mol. The smallest absolute Gasteiger partial charge is 0.389 e. The van der Waals surface area contributed by atoms with Crippen molar-refractivity contribution in [3.05, 3.63) is 0 Å². The quantitative estimate of drug-likeness (QED) is 0.125. The van der Waals surface area contributed by atoms with Gasteiger partial charge in [-0.3, -0.25) is 0 Å². The number of hydrogen-bond donors (Lipinski definition) is 5. The molecule has 0 aliphatic rings. The van der Waals surface area contributed by atoms with E-state index in [1.54, 1.807) is 0 Å². The Morgan fingerprint density at radius 3 is 1.23 bits per heavy atom. The van der Waals surface area contributed by atoms with E-state index in [2.05, 4.69) is 12.2 Å². The van der Waals surface area contributed by atoms with E-state index in [0.29, 0.717) is 0 Å². The zero-order valence-corrected chi connectivity index (χ0v) is 22.2. The van der Waals surface area contributed by atoms with Crippen molar-refractivity contribution in [2.45, 2.75) is 141 Å². The van der Waals surface area contributed by atoms with Crippen molar-refractivity contribution in [3.8, 4) is 0 Å². The van der Waals surface area contributed by atoms with Gasteiger partial charge in [-0.2, -0.15) is 0 Å². The lowest BCUT2D eigenvalue weighted by Gasteiger charge is -2.44. The lowest BCUT2D eigenvalue weighted by Crippen LogP contribution is -2.77. The van der Waals surface area contributed by atoms with Crippen molar-refractivity contribution in [1.29, 1.82) is 0 Å². The fourth-order valence-electron chi connectivity index (χ4n) is 3.68. The summed E-state index contributed by atoms with van der Waals surface area (Å²) >= 11 is 0. The fourth-order valence-corrected chi connectivity index (χ4v) is 4.60. The molecule has 0 saturated carbocycles. The molecule has 7 heteroatoms. The first-order valence-corrected chi connectivity index (χ1v) is 14.1. The van der Waals surface area contributed by atoms with Gasteiger partial charge in [0, 0.05) is 5.54 Å². The second-order valence-corrected chi connectivity index (χ2v) is 12.0. The van der Waals surface area contributed by atoms with Crippen LogP contribution in [0.25, 0.3) is 0 Å². The third-order valence-corrected chi connectivity index (χ3v) is 8.61. The molecule has 0 aliphatic heterocycles. The highest BCUT2D eigenvalue weighted by Crippen LogP contribution is 2.24. The Bertz CT molecular complexity index is 391. The maximum absolute atomic E-state index is 9.61. The Hall–Kier alpha value is 0.307. The molecule has 30 heavy (non-hydrogen) atoms. The third kappa shape index (κ3) is 14.4. The molecule has 0 aromatic rings. The molecule has 0 fully saturated rings. The second kappa shape index (κ2) is 17.8. The molecule has 1 atom stereocenters. The van der Waals surface area contributed by atoms with E-state index < -0.39 is 19.5 Å². The van der Waals surface area contributed by atoms with Crippen molar-refractivity contribution >= 4 is 21.2 Å². The SMILES string of the molecule is CCCCCCCCCCCCCCCCCCNC(C)(C)C(C)(N)[Si](O)(O)O.Cl. The number of hydrogen-bond acceptors (Lipinski definition) is 5. The molecule has 0 rings (SSSR count). The molecule has 0 spiro atoms. The monoisotopic (exact) mass is 468 g/mol. The summed E-state index contributed by atoms with van der Waals surface area (Å²) in [5, 5.41) is 1.85. The summed E-state index contributed by atoms with van der Waals surface area (Å²) in [7, 11) is -4.42. The zero-order chi connectivity index (χ0) is 22.2. The summed E-state index contributed by atoms with van der Waals surface area (Å²) in [4.78, 5) is 28.8. The van der Waals surface area contributed by atoms with Crippen molar-refractivity contribution in [2.75, 3.05) is 6.54 Å². The topological polar surface area (TPSA) is 98.7 Å². The van der Waals surface area contributed by atoms with Gasteiger partial charge in [0.25, 0.3) is 0 Å². The van der Waals surface area contributed by atoms with Gasteiger partial charge >= 0.3 is 8.80 Å². The molecule has 1 unspecified atom stereocenters. The highest BCUT2D eigenvalue weighted by atomic mass is 35.5. The van der Waals surface area contributed by atoms with Gasteiger partial charge < -0.3 is 25.4 Å². The highest BCUT2D eigenvalue weighted by molar-refractivity contribution is 6.60. The van der Waals surface area contributed by atoms with Crippen molar-refractivity contribution in [3.63, 3.8) is 0 Å². The van der Waals surface area contributed by atoms with E-state index >= 15 is 0 Å². The first-order chi connectivity index (χ1) is 13.6. The molecule has 0 amide bonds. The molecule has 0 bridgehead atoms. The number of unbranched alkanes of at least 4 members (excludes halogenated alkanes) is 15. The molecule has 0 aromatic heterocycles. The summed E-state index contributed by atoms with van der Waals surface area (Å²) in [5.41, 5.74) is 5.25. The van der Waals surface area contributed by atoms with Gasteiger partial charge in [-0.25, -0.2) is 0 Å². The van der Waals surface area contributed by atoms with Crippen LogP contribution in [0.2, 0.25) is 0 Å². The van der Waals surface area contributed by atoms with Crippen LogP contribution in [-0.2, 0) is 0 Å². The highest BCUT2D eigenvalue weighted by Gasteiger charge is 2.56. The molecule has 0 saturated heterocycles. The largest absolute Gasteiger partial charge is 0.515 e. The molecule has 0 aliphatic carbocycles. The lowest BCUT2D eigenvalue weighted by atomic mass is 9.95. The summed E-state index contributed by atoms with van der Waals surface area (Å²) in [6.07, 6.45) is 21.5. The number of rotatable bonds is 20. The molecule has 0 radical (unpaired) electrons. The molecular formula is C23H53ClN2O3Si. The number of nitrogens with two attached hydrogens (primary N) is 1. The van der Waals surface area contributed by atoms with E-state index in [-0.39, 0.29) is 12.4 Å². The predicted molar refractivity (Wildman–Crippen MR) is 134 cm³/mol. The molecule has 6 N–H and O–H groups in total. The van der Waals surface area contributed by atoms with Gasteiger partial charge in [-0.1, -0.05) is 103 Å². The van der Waals surface area contributed by atoms with Gasteiger partial charge in [-0.05, 0) is 33.7 Å². The average Bonchev–Trinajstić information content (AvgIpc) is 2.63. The minimum atomic E-state index is -4.42. The van der Waals surface area contributed by atoms with Gasteiger partial charge in [0.2, 0.25) is 0 Å². The summed E-state index contributed by atoms with van der Waals surface area (Å²) in [6, 6.07) is 0. The van der Waals surface area contributed by atoms with E-state index in [0.717, 1.165) is 13.0 Å². The second-order valence-electron chi connectivity index (χ2n) is 9.69. The maximum atomic E-state index is 9.61. The van der Waals surface area contributed by atoms with Crippen LogP contribution in [0.15, 0.2) is 0 Å². The number of nitrogens with one attached hydrogen (secondary N) is 1. The zero-order valence-electron chi connectivity index (χ0n) is 20.3. The van der Waals surface area contributed by atoms with Crippen molar-refractivity contribution < 1.29 is 14.4 Å². The summed E-state index contributed by atoms with van der Waals surface area (Å²) < 4.78 is 0. The molecule has 0 heterocycles. The van der Waals surface area contributed by atoms with E-state index in [4.69, 9.17) is 5.73 Å². The van der Waals surface area contributed by atoms with Crippen LogP contribution in [0.4, 0.5) is 0 Å². The standard InChI is InChI=1S/C23H52N2O3Si.ClH/c1-5-6-7-8-9-10-11-12-13-14-15-16-17-18-19-20-21-25-22(2,3)23(4,24)29(26,27)28;/h25-28H,5-21,24H2,1-4H3;1H. The Morgan fingerprint density at radius 1 is 0.633 bits per heavy atom. The van der Waals surface area contributed by atoms with Crippen molar-refractivity contribution in [1.82, 2.24) is 5.32 Å². The van der Waals surface area contributed by atoms with Gasteiger partial charge in [0.05, 0.1) is 0 Å². The first kappa shape index (κ1) is 32.5. The van der Waals surface area contributed by atoms with E-state index in [1.165, 1.54) is 103 Å². The minimum Gasteiger partial charge on any atom is -0.389 e. The van der Waals surface area contributed by atoms with Crippen LogP contribution in [-0.4, -0.2) is 40.4 Å². The Labute approximate surface area is 194 Å². The Morgan fingerprint density at radius 2 is 0.933 bits per heavy atom. The molecule has 5 nitrogen and oxygen atoms in total. The maximum Gasteiger partial charge on any atom is 0.515 e. The molecule has 184 valence electrons. The Balaban J connectivity index is 0. The fraction of sp³-hybridized carbons (Fsp3) is 1.00. The van der Waals surface area contributed by atoms with Crippen molar-refractivity contribution in [2.24, 2.45) is 5.73 Å². The van der Waals surface area contributed by atoms with Gasteiger partial charge in [0.1, 0.15) is 5.16 Å². The third-order valence-electron chi connectivity index (χ3n) is 6.59. The van der Waals surface area contributed by atoms with E-state index in [9.17, 15) is 14.4 Å². The molecular weight excluding hydrogens is 416 g/mol. The normalized spacial score (nSPS) is 14.4. The van der Waals surface area contributed by atoms with Crippen LogP contribution in [0, 0.1) is 0 Å². The Kier molecular flexibility index (Phi) is 19.3. The summed E-state index contributed by atoms with van der Waals surface area (Å²) in [5.74, 6) is 0. The van der Waals surface area contributed by atoms with E-state index in [1.807, 2.05) is 13.8 Å². The van der Waals surface area contributed by atoms with Crippen LogP contribution >= 0.6 is 12.4 Å². The van der Waals surface area contributed by atoms with Gasteiger partial charge in [-0.15, -0.1) is 12.4 Å². The minimum absolute atomic E-state index is 0. The van der Waals surface area contributed by atoms with Gasteiger partial charge in [0.15, 0.2) is 0 Å². The van der Waals surface area contributed by atoms with Crippen LogP contribution < -0.4 is 11.1 Å². The molecule has 0 aromatic carbocycles. The van der Waals surface area contributed by atoms with Crippen LogP contribution in [0.3, 0.4) is 0 Å². The summed E-state index contributed by atoms with van der Waals surface area (Å²) in [6.45, 7) is 8.16. The van der Waals surface area contributed by atoms with Crippen LogP contribution in [0.5, 0.6) is 0 Å². The lowest BCUT2D eigenvalue weighted by molar-refractivity contribution is 0.138.